The number of nitrogens with zero attached hydrogens (tertiary/aromatic N) is 5. The van der Waals surface area contributed by atoms with Crippen LogP contribution in [0.3, 0.4) is 0 Å². The van der Waals surface area contributed by atoms with Crippen LogP contribution in [0.5, 0.6) is 0 Å². The second-order valence-corrected chi connectivity index (χ2v) is 8.07. The van der Waals surface area contributed by atoms with Crippen molar-refractivity contribution in [2.75, 3.05) is 0 Å². The summed E-state index contributed by atoms with van der Waals surface area (Å²) in [7, 11) is 1.55. The molecule has 0 fully saturated rings. The summed E-state index contributed by atoms with van der Waals surface area (Å²) in [5.41, 5.74) is 2.87. The SMILES string of the molecule is CC(=O)[C@H](C)n1c(=O)c2c(nc3n(-c4ccc(C)c(Cl)c4)c(C)c(C)n23)n(C)c1=O. The van der Waals surface area contributed by atoms with Crippen molar-refractivity contribution in [1.82, 2.24) is 23.1 Å². The van der Waals surface area contributed by atoms with Crippen LogP contribution in [0.2, 0.25) is 5.02 Å². The van der Waals surface area contributed by atoms with Gasteiger partial charge in [-0.1, -0.05) is 17.7 Å². The Morgan fingerprint density at radius 2 is 1.80 bits per heavy atom. The van der Waals surface area contributed by atoms with Crippen LogP contribution >= 0.6 is 11.6 Å². The average Bonchev–Trinajstić information content (AvgIpc) is 3.18. The van der Waals surface area contributed by atoms with Crippen molar-refractivity contribution < 1.29 is 4.79 Å². The molecule has 0 aliphatic heterocycles. The Morgan fingerprint density at radius 1 is 1.13 bits per heavy atom. The number of carbonyl (C=O) groups excluding carboxylic acids is 1. The number of Topliss-reactive ketones (excluding diaryl/α,β-unsaturated/α-hetero) is 1. The molecule has 1 aromatic carbocycles. The first-order chi connectivity index (χ1) is 14.1. The molecule has 0 aliphatic rings. The Bertz CT molecular complexity index is 1490. The lowest BCUT2D eigenvalue weighted by atomic mass is 10.2. The van der Waals surface area contributed by atoms with Crippen molar-refractivity contribution in [3.63, 3.8) is 0 Å². The third-order valence-electron chi connectivity index (χ3n) is 5.86. The maximum Gasteiger partial charge on any atom is 0.333 e. The van der Waals surface area contributed by atoms with E-state index in [0.29, 0.717) is 10.8 Å². The number of aryl methyl sites for hydroxylation is 3. The predicted molar refractivity (Wildman–Crippen MR) is 116 cm³/mol. The highest BCUT2D eigenvalue weighted by Gasteiger charge is 2.25. The highest BCUT2D eigenvalue weighted by molar-refractivity contribution is 6.31. The van der Waals surface area contributed by atoms with Crippen LogP contribution in [-0.4, -0.2) is 28.9 Å². The standard InChI is InChI=1S/C21H22ClN5O3/c1-10-7-8-15(9-16(10)22)25-11(2)12(3)26-17-18(23-20(25)26)24(6)21(30)27(19(17)29)13(4)14(5)28/h7-9,13H,1-6H3/t13-/m0/s1. The molecule has 9 heteroatoms. The Balaban J connectivity index is 2.19. The van der Waals surface area contributed by atoms with Gasteiger partial charge in [0.25, 0.3) is 5.56 Å². The monoisotopic (exact) mass is 427 g/mol. The van der Waals surface area contributed by atoms with Crippen molar-refractivity contribution in [3.8, 4) is 5.69 Å². The Kier molecular flexibility index (Phi) is 4.50. The second-order valence-electron chi connectivity index (χ2n) is 7.66. The van der Waals surface area contributed by atoms with Gasteiger partial charge in [0.2, 0.25) is 5.78 Å². The number of halogens is 1. The summed E-state index contributed by atoms with van der Waals surface area (Å²) in [5.74, 6) is 0.231. The molecule has 0 bridgehead atoms. The van der Waals surface area contributed by atoms with Crippen LogP contribution < -0.4 is 11.2 Å². The minimum Gasteiger partial charge on any atom is -0.298 e. The molecule has 0 radical (unpaired) electrons. The van der Waals surface area contributed by atoms with Gasteiger partial charge in [0.1, 0.15) is 0 Å². The molecule has 156 valence electrons. The van der Waals surface area contributed by atoms with E-state index in [-0.39, 0.29) is 16.9 Å². The molecule has 0 unspecified atom stereocenters. The quantitative estimate of drug-likeness (QED) is 0.503. The first kappa shape index (κ1) is 20.2. The molecule has 30 heavy (non-hydrogen) atoms. The first-order valence-corrected chi connectivity index (χ1v) is 9.92. The molecular formula is C21H22ClN5O3. The Hall–Kier alpha value is -3.13. The normalized spacial score (nSPS) is 12.8. The number of fused-ring (bicyclic) bond motifs is 3. The molecule has 1 atom stereocenters. The molecule has 0 saturated carbocycles. The van der Waals surface area contributed by atoms with Crippen LogP contribution in [-0.2, 0) is 11.8 Å². The number of ketones is 1. The third-order valence-corrected chi connectivity index (χ3v) is 6.26. The van der Waals surface area contributed by atoms with Crippen molar-refractivity contribution in [2.45, 2.75) is 40.7 Å². The second kappa shape index (κ2) is 6.70. The zero-order valence-corrected chi connectivity index (χ0v) is 18.4. The number of hydrogen-bond acceptors (Lipinski definition) is 4. The molecular weight excluding hydrogens is 406 g/mol. The highest BCUT2D eigenvalue weighted by atomic mass is 35.5. The van der Waals surface area contributed by atoms with Gasteiger partial charge in [0.15, 0.2) is 16.9 Å². The molecule has 3 aromatic heterocycles. The van der Waals surface area contributed by atoms with E-state index in [1.807, 2.05) is 43.5 Å². The number of benzene rings is 1. The Morgan fingerprint density at radius 3 is 2.40 bits per heavy atom. The van der Waals surface area contributed by atoms with Gasteiger partial charge >= 0.3 is 5.69 Å². The molecule has 0 amide bonds. The van der Waals surface area contributed by atoms with E-state index in [2.05, 4.69) is 4.98 Å². The predicted octanol–water partition coefficient (Wildman–Crippen LogP) is 2.87. The summed E-state index contributed by atoms with van der Waals surface area (Å²) in [4.78, 5) is 42.7. The van der Waals surface area contributed by atoms with E-state index in [0.717, 1.165) is 27.2 Å². The fraction of sp³-hybridized carbons (Fsp3) is 0.333. The van der Waals surface area contributed by atoms with Crippen molar-refractivity contribution in [1.29, 1.82) is 0 Å². The summed E-state index contributed by atoms with van der Waals surface area (Å²) in [6.45, 7) is 8.65. The maximum atomic E-state index is 13.3. The minimum absolute atomic E-state index is 0.262. The summed E-state index contributed by atoms with van der Waals surface area (Å²) < 4.78 is 5.95. The molecule has 0 spiro atoms. The van der Waals surface area contributed by atoms with Crippen LogP contribution in [0, 0.1) is 20.8 Å². The lowest BCUT2D eigenvalue weighted by Gasteiger charge is -2.12. The number of rotatable bonds is 3. The van der Waals surface area contributed by atoms with Gasteiger partial charge in [0.05, 0.1) is 11.7 Å². The zero-order valence-electron chi connectivity index (χ0n) is 17.6. The first-order valence-electron chi connectivity index (χ1n) is 9.54. The van der Waals surface area contributed by atoms with Gasteiger partial charge in [-0.05, 0) is 52.3 Å². The minimum atomic E-state index is -0.870. The molecule has 0 aliphatic carbocycles. The smallest absolute Gasteiger partial charge is 0.298 e. The van der Waals surface area contributed by atoms with Crippen molar-refractivity contribution in [2.24, 2.45) is 7.05 Å². The lowest BCUT2D eigenvalue weighted by molar-refractivity contribution is -0.119. The van der Waals surface area contributed by atoms with E-state index < -0.39 is 17.3 Å². The summed E-state index contributed by atoms with van der Waals surface area (Å²) in [5, 5.41) is 0.623. The van der Waals surface area contributed by atoms with Crippen molar-refractivity contribution in [3.05, 3.63) is 61.0 Å². The van der Waals surface area contributed by atoms with E-state index in [1.54, 1.807) is 18.4 Å². The van der Waals surface area contributed by atoms with Gasteiger partial charge in [-0.3, -0.25) is 23.1 Å². The van der Waals surface area contributed by atoms with Crippen LogP contribution in [0.4, 0.5) is 0 Å². The van der Waals surface area contributed by atoms with Gasteiger partial charge in [0, 0.05) is 23.5 Å². The summed E-state index contributed by atoms with van der Waals surface area (Å²) in [6, 6.07) is 4.83. The number of carbonyl (C=O) groups is 1. The largest absolute Gasteiger partial charge is 0.333 e. The van der Waals surface area contributed by atoms with E-state index in [1.165, 1.54) is 11.5 Å². The fourth-order valence-electron chi connectivity index (χ4n) is 3.77. The van der Waals surface area contributed by atoms with E-state index >= 15 is 0 Å². The highest BCUT2D eigenvalue weighted by Crippen LogP contribution is 2.27. The zero-order chi connectivity index (χ0) is 22.1. The topological polar surface area (TPSA) is 83.3 Å². The number of aromatic nitrogens is 5. The molecule has 8 nitrogen and oxygen atoms in total. The van der Waals surface area contributed by atoms with Gasteiger partial charge < -0.3 is 0 Å². The van der Waals surface area contributed by atoms with Crippen LogP contribution in [0.15, 0.2) is 27.8 Å². The van der Waals surface area contributed by atoms with E-state index in [9.17, 15) is 14.4 Å². The molecule has 4 aromatic rings. The molecule has 0 N–H and O–H groups in total. The van der Waals surface area contributed by atoms with Crippen LogP contribution in [0.1, 0.15) is 36.8 Å². The van der Waals surface area contributed by atoms with Gasteiger partial charge in [-0.25, -0.2) is 9.36 Å². The van der Waals surface area contributed by atoms with Gasteiger partial charge in [-0.15, -0.1) is 0 Å². The summed E-state index contributed by atoms with van der Waals surface area (Å²) in [6.07, 6.45) is 0. The number of hydrogen-bond donors (Lipinski definition) is 0. The Labute approximate surface area is 176 Å². The maximum absolute atomic E-state index is 13.3. The fourth-order valence-corrected chi connectivity index (χ4v) is 3.95. The average molecular weight is 428 g/mol. The molecule has 3 heterocycles. The molecule has 4 rings (SSSR count). The summed E-state index contributed by atoms with van der Waals surface area (Å²) >= 11 is 6.34. The van der Waals surface area contributed by atoms with E-state index in [4.69, 9.17) is 11.6 Å². The molecule has 0 saturated heterocycles. The van der Waals surface area contributed by atoms with Gasteiger partial charge in [-0.2, -0.15) is 4.98 Å². The van der Waals surface area contributed by atoms with Crippen LogP contribution in [0.25, 0.3) is 22.6 Å². The third kappa shape index (κ3) is 2.60. The van der Waals surface area contributed by atoms with Crippen molar-refractivity contribution >= 4 is 34.3 Å². The number of imidazole rings is 2. The lowest BCUT2D eigenvalue weighted by Crippen LogP contribution is -2.42.